The van der Waals surface area contributed by atoms with Crippen molar-refractivity contribution in [2.24, 2.45) is 5.92 Å². The van der Waals surface area contributed by atoms with Gasteiger partial charge in [0.25, 0.3) is 0 Å². The van der Waals surface area contributed by atoms with Crippen molar-refractivity contribution in [1.82, 2.24) is 15.1 Å². The van der Waals surface area contributed by atoms with Gasteiger partial charge < -0.3 is 9.63 Å². The van der Waals surface area contributed by atoms with Gasteiger partial charge in [0.1, 0.15) is 0 Å². The number of rotatable bonds is 4. The van der Waals surface area contributed by atoms with Crippen LogP contribution in [0.1, 0.15) is 18.7 Å². The predicted molar refractivity (Wildman–Crippen MR) is 67.7 cm³/mol. The fraction of sp³-hybridized carbons (Fsp3) is 0.417. The lowest BCUT2D eigenvalue weighted by Crippen LogP contribution is -2.12. The lowest BCUT2D eigenvalue weighted by Gasteiger charge is -2.03. The minimum Gasteiger partial charge on any atom is -0.392 e. The van der Waals surface area contributed by atoms with Crippen molar-refractivity contribution < 1.29 is 9.63 Å². The van der Waals surface area contributed by atoms with Crippen LogP contribution in [0.5, 0.6) is 0 Å². The maximum absolute atomic E-state index is 9.82. The van der Waals surface area contributed by atoms with Gasteiger partial charge in [0.2, 0.25) is 11.7 Å². The molecule has 94 valence electrons. The number of hydrogen-bond acceptors (Lipinski definition) is 5. The first kappa shape index (κ1) is 11.8. The highest BCUT2D eigenvalue weighted by atomic mass is 79.9. The molecule has 2 aromatic heterocycles. The number of pyridine rings is 1. The van der Waals surface area contributed by atoms with Gasteiger partial charge in [-0.3, -0.25) is 4.98 Å². The molecular weight excluding hydrogens is 298 g/mol. The molecule has 1 atom stereocenters. The maximum atomic E-state index is 9.82. The van der Waals surface area contributed by atoms with Gasteiger partial charge in [-0.15, -0.1) is 0 Å². The van der Waals surface area contributed by atoms with Gasteiger partial charge >= 0.3 is 0 Å². The summed E-state index contributed by atoms with van der Waals surface area (Å²) in [6, 6.07) is 1.87. The van der Waals surface area contributed by atoms with Crippen LogP contribution in [-0.2, 0) is 6.42 Å². The van der Waals surface area contributed by atoms with Gasteiger partial charge in [0.15, 0.2) is 0 Å². The highest BCUT2D eigenvalue weighted by Gasteiger charge is 2.31. The van der Waals surface area contributed by atoms with Crippen molar-refractivity contribution in [3.05, 3.63) is 28.8 Å². The molecule has 1 N–H and O–H groups in total. The van der Waals surface area contributed by atoms with Crippen molar-refractivity contribution in [2.75, 3.05) is 0 Å². The molecule has 0 bridgehead atoms. The van der Waals surface area contributed by atoms with Gasteiger partial charge in [0, 0.05) is 22.4 Å². The van der Waals surface area contributed by atoms with E-state index < -0.39 is 0 Å². The number of halogens is 1. The Hall–Kier alpha value is -1.27. The molecule has 1 unspecified atom stereocenters. The van der Waals surface area contributed by atoms with E-state index in [1.807, 2.05) is 6.07 Å². The first-order valence-electron chi connectivity index (χ1n) is 5.84. The number of nitrogens with zero attached hydrogens (tertiary/aromatic N) is 3. The third-order valence-electron chi connectivity index (χ3n) is 2.98. The van der Waals surface area contributed by atoms with Crippen molar-refractivity contribution in [1.29, 1.82) is 0 Å². The van der Waals surface area contributed by atoms with Crippen LogP contribution in [0.2, 0.25) is 0 Å². The Morgan fingerprint density at radius 3 is 3.00 bits per heavy atom. The van der Waals surface area contributed by atoms with E-state index in [0.29, 0.717) is 24.1 Å². The molecule has 0 aromatic carbocycles. The molecule has 18 heavy (non-hydrogen) atoms. The van der Waals surface area contributed by atoms with Gasteiger partial charge in [-0.1, -0.05) is 5.16 Å². The molecule has 5 nitrogen and oxygen atoms in total. The Bertz CT molecular complexity index is 554. The van der Waals surface area contributed by atoms with Crippen LogP contribution in [0.4, 0.5) is 0 Å². The zero-order chi connectivity index (χ0) is 12.5. The molecule has 1 saturated carbocycles. The molecule has 2 aromatic rings. The predicted octanol–water partition coefficient (Wildman–Crippen LogP) is 2.21. The smallest absolute Gasteiger partial charge is 0.229 e. The second kappa shape index (κ2) is 4.78. The molecule has 0 amide bonds. The molecule has 1 aliphatic carbocycles. The van der Waals surface area contributed by atoms with Crippen molar-refractivity contribution in [3.63, 3.8) is 0 Å². The van der Waals surface area contributed by atoms with E-state index >= 15 is 0 Å². The van der Waals surface area contributed by atoms with Crippen molar-refractivity contribution in [2.45, 2.75) is 25.4 Å². The van der Waals surface area contributed by atoms with Crippen LogP contribution >= 0.6 is 15.9 Å². The Labute approximate surface area is 112 Å². The van der Waals surface area contributed by atoms with Gasteiger partial charge in [-0.25, -0.2) is 0 Å². The van der Waals surface area contributed by atoms with Crippen LogP contribution in [-0.4, -0.2) is 26.3 Å². The summed E-state index contributed by atoms with van der Waals surface area (Å²) >= 11 is 3.35. The van der Waals surface area contributed by atoms with Crippen LogP contribution in [0.25, 0.3) is 11.4 Å². The maximum Gasteiger partial charge on any atom is 0.229 e. The van der Waals surface area contributed by atoms with E-state index in [1.54, 1.807) is 12.4 Å². The van der Waals surface area contributed by atoms with E-state index in [9.17, 15) is 5.11 Å². The summed E-state index contributed by atoms with van der Waals surface area (Å²) in [5.74, 6) is 1.39. The topological polar surface area (TPSA) is 72.0 Å². The third-order valence-corrected chi connectivity index (χ3v) is 3.41. The van der Waals surface area contributed by atoms with Gasteiger partial charge in [-0.05, 0) is 40.8 Å². The van der Waals surface area contributed by atoms with Crippen LogP contribution in [0.15, 0.2) is 27.5 Å². The monoisotopic (exact) mass is 309 g/mol. The second-order valence-electron chi connectivity index (χ2n) is 4.51. The Kier molecular flexibility index (Phi) is 3.13. The minimum atomic E-state index is -0.362. The highest BCUT2D eigenvalue weighted by molar-refractivity contribution is 9.10. The number of hydrogen-bond donors (Lipinski definition) is 1. The first-order valence-corrected chi connectivity index (χ1v) is 6.63. The lowest BCUT2D eigenvalue weighted by atomic mass is 10.2. The average Bonchev–Trinajstić information content (AvgIpc) is 3.10. The summed E-state index contributed by atoms with van der Waals surface area (Å²) in [7, 11) is 0. The summed E-state index contributed by atoms with van der Waals surface area (Å²) in [6.07, 6.45) is 5.63. The van der Waals surface area contributed by atoms with Crippen molar-refractivity contribution >= 4 is 15.9 Å². The van der Waals surface area contributed by atoms with E-state index in [1.165, 1.54) is 0 Å². The molecule has 2 heterocycles. The quantitative estimate of drug-likeness (QED) is 0.937. The molecule has 0 saturated heterocycles. The molecule has 6 heteroatoms. The van der Waals surface area contributed by atoms with E-state index in [2.05, 4.69) is 31.1 Å². The first-order chi connectivity index (χ1) is 8.72. The Balaban J connectivity index is 1.76. The number of aliphatic hydroxyl groups is 1. The summed E-state index contributed by atoms with van der Waals surface area (Å²) in [6.45, 7) is 0. The average molecular weight is 310 g/mol. The molecule has 0 radical (unpaired) electrons. The highest BCUT2D eigenvalue weighted by Crippen LogP contribution is 2.33. The van der Waals surface area contributed by atoms with E-state index in [4.69, 9.17) is 4.52 Å². The molecular formula is C12H12BrN3O2. The third kappa shape index (κ3) is 2.59. The fourth-order valence-corrected chi connectivity index (χ4v) is 2.18. The van der Waals surface area contributed by atoms with Crippen LogP contribution in [0.3, 0.4) is 0 Å². The zero-order valence-corrected chi connectivity index (χ0v) is 11.2. The summed E-state index contributed by atoms with van der Waals surface area (Å²) < 4.78 is 6.01. The SMILES string of the molecule is OC(Cc1nc(-c2cncc(Br)c2)no1)C1CC1. The summed E-state index contributed by atoms with van der Waals surface area (Å²) in [5, 5.41) is 13.7. The molecule has 0 spiro atoms. The Morgan fingerprint density at radius 1 is 1.44 bits per heavy atom. The molecule has 1 aliphatic rings. The lowest BCUT2D eigenvalue weighted by molar-refractivity contribution is 0.140. The fourth-order valence-electron chi connectivity index (χ4n) is 1.82. The van der Waals surface area contributed by atoms with E-state index in [-0.39, 0.29) is 6.10 Å². The summed E-state index contributed by atoms with van der Waals surface area (Å²) in [4.78, 5) is 8.32. The standard InChI is InChI=1S/C12H12BrN3O2/c13-9-3-8(5-14-6-9)12-15-11(18-16-12)4-10(17)7-1-2-7/h3,5-7,10,17H,1-2,4H2. The number of aromatic nitrogens is 3. The van der Waals surface area contributed by atoms with Gasteiger partial charge in [0.05, 0.1) is 12.5 Å². The number of aliphatic hydroxyl groups excluding tert-OH is 1. The second-order valence-corrected chi connectivity index (χ2v) is 5.43. The molecule has 1 fully saturated rings. The summed E-state index contributed by atoms with van der Waals surface area (Å²) in [5.41, 5.74) is 0.792. The van der Waals surface area contributed by atoms with Crippen molar-refractivity contribution in [3.8, 4) is 11.4 Å². The minimum absolute atomic E-state index is 0.362. The Morgan fingerprint density at radius 2 is 2.28 bits per heavy atom. The van der Waals surface area contributed by atoms with E-state index in [0.717, 1.165) is 22.9 Å². The normalized spacial score (nSPS) is 16.8. The largest absolute Gasteiger partial charge is 0.392 e. The molecule has 0 aliphatic heterocycles. The van der Waals surface area contributed by atoms with Crippen LogP contribution in [0, 0.1) is 5.92 Å². The molecule has 3 rings (SSSR count). The van der Waals surface area contributed by atoms with Gasteiger partial charge in [-0.2, -0.15) is 4.98 Å². The zero-order valence-electron chi connectivity index (χ0n) is 9.58. The van der Waals surface area contributed by atoms with Crippen LogP contribution < -0.4 is 0 Å².